The minimum Gasteiger partial charge on any atom is -0.395 e. The van der Waals surface area contributed by atoms with E-state index in [0.29, 0.717) is 12.0 Å². The van der Waals surface area contributed by atoms with Crippen LogP contribution in [0.1, 0.15) is 52.9 Å². The highest BCUT2D eigenvalue weighted by Gasteiger charge is 2.31. The third kappa shape index (κ3) is 3.94. The largest absolute Gasteiger partial charge is 0.395 e. The molecule has 1 aliphatic heterocycles. The number of rotatable bonds is 5. The number of hydrogen-bond donors (Lipinski definition) is 2. The normalized spacial score (nSPS) is 26.8. The van der Waals surface area contributed by atoms with Gasteiger partial charge in [0.15, 0.2) is 0 Å². The van der Waals surface area contributed by atoms with E-state index in [4.69, 9.17) is 5.73 Å². The van der Waals surface area contributed by atoms with E-state index >= 15 is 0 Å². The van der Waals surface area contributed by atoms with Crippen LogP contribution in [0.15, 0.2) is 0 Å². The van der Waals surface area contributed by atoms with Crippen molar-refractivity contribution in [1.82, 2.24) is 4.90 Å². The average Bonchev–Trinajstić information content (AvgIpc) is 2.55. The summed E-state index contributed by atoms with van der Waals surface area (Å²) in [6, 6.07) is 0.824. The summed E-state index contributed by atoms with van der Waals surface area (Å²) in [7, 11) is 0. The Balaban J connectivity index is 2.75. The predicted octanol–water partition coefficient (Wildman–Crippen LogP) is 1.99. The molecule has 17 heavy (non-hydrogen) atoms. The minimum atomic E-state index is 0.0761. The SMILES string of the molecule is CCC1CCCCCN1C(CO)C(N)C(C)C. The van der Waals surface area contributed by atoms with Crippen LogP contribution in [0.25, 0.3) is 0 Å². The monoisotopic (exact) mass is 242 g/mol. The van der Waals surface area contributed by atoms with Gasteiger partial charge < -0.3 is 10.8 Å². The lowest BCUT2D eigenvalue weighted by Gasteiger charge is -2.40. The maximum atomic E-state index is 9.68. The number of likely N-dealkylation sites (tertiary alicyclic amines) is 1. The second-order valence-corrected chi connectivity index (χ2v) is 5.72. The Morgan fingerprint density at radius 3 is 2.53 bits per heavy atom. The summed E-state index contributed by atoms with van der Waals surface area (Å²) in [6.07, 6.45) is 6.32. The first-order valence-corrected chi connectivity index (χ1v) is 7.24. The van der Waals surface area contributed by atoms with Gasteiger partial charge in [0.1, 0.15) is 0 Å². The maximum absolute atomic E-state index is 9.68. The summed E-state index contributed by atoms with van der Waals surface area (Å²) in [5, 5.41) is 9.68. The van der Waals surface area contributed by atoms with Crippen molar-refractivity contribution in [2.45, 2.75) is 71.0 Å². The molecule has 0 amide bonds. The van der Waals surface area contributed by atoms with Crippen molar-refractivity contribution >= 4 is 0 Å². The van der Waals surface area contributed by atoms with Crippen molar-refractivity contribution in [3.63, 3.8) is 0 Å². The van der Waals surface area contributed by atoms with Gasteiger partial charge in [0, 0.05) is 18.1 Å². The first-order valence-electron chi connectivity index (χ1n) is 7.24. The zero-order chi connectivity index (χ0) is 12.8. The van der Waals surface area contributed by atoms with Gasteiger partial charge in [-0.1, -0.05) is 33.6 Å². The molecule has 0 bridgehead atoms. The average molecular weight is 242 g/mol. The topological polar surface area (TPSA) is 49.5 Å². The molecule has 1 rings (SSSR count). The van der Waals surface area contributed by atoms with Gasteiger partial charge in [0.25, 0.3) is 0 Å². The minimum absolute atomic E-state index is 0.0761. The molecule has 0 spiro atoms. The lowest BCUT2D eigenvalue weighted by atomic mass is 9.94. The number of aliphatic hydroxyl groups is 1. The summed E-state index contributed by atoms with van der Waals surface area (Å²) in [4.78, 5) is 2.48. The van der Waals surface area contributed by atoms with Crippen molar-refractivity contribution in [2.75, 3.05) is 13.2 Å². The highest BCUT2D eigenvalue weighted by Crippen LogP contribution is 2.23. The molecule has 3 N–H and O–H groups in total. The summed E-state index contributed by atoms with van der Waals surface area (Å²) in [5.74, 6) is 0.424. The Hall–Kier alpha value is -0.120. The Morgan fingerprint density at radius 2 is 2.00 bits per heavy atom. The molecular formula is C14H30N2O. The molecule has 1 saturated heterocycles. The van der Waals surface area contributed by atoms with Crippen molar-refractivity contribution in [3.8, 4) is 0 Å². The highest BCUT2D eigenvalue weighted by molar-refractivity contribution is 4.88. The van der Waals surface area contributed by atoms with Gasteiger partial charge in [-0.25, -0.2) is 0 Å². The van der Waals surface area contributed by atoms with Gasteiger partial charge in [-0.2, -0.15) is 0 Å². The molecule has 0 aliphatic carbocycles. The molecule has 0 aromatic rings. The molecule has 1 fully saturated rings. The number of nitrogens with zero attached hydrogens (tertiary/aromatic N) is 1. The molecule has 0 radical (unpaired) electrons. The maximum Gasteiger partial charge on any atom is 0.0602 e. The zero-order valence-corrected chi connectivity index (χ0v) is 11.7. The van der Waals surface area contributed by atoms with Crippen LogP contribution >= 0.6 is 0 Å². The Bertz CT molecular complexity index is 208. The third-order valence-electron chi connectivity index (χ3n) is 4.22. The van der Waals surface area contributed by atoms with Crippen LogP contribution in [0.5, 0.6) is 0 Å². The fraction of sp³-hybridized carbons (Fsp3) is 1.00. The number of hydrogen-bond acceptors (Lipinski definition) is 3. The van der Waals surface area contributed by atoms with Gasteiger partial charge in [-0.3, -0.25) is 4.90 Å². The predicted molar refractivity (Wildman–Crippen MR) is 72.9 cm³/mol. The standard InChI is InChI=1S/C14H30N2O/c1-4-12-8-6-5-7-9-16(12)13(10-17)14(15)11(2)3/h11-14,17H,4-10,15H2,1-3H3. The fourth-order valence-corrected chi connectivity index (χ4v) is 2.97. The second kappa shape index (κ2) is 7.34. The van der Waals surface area contributed by atoms with Gasteiger partial charge >= 0.3 is 0 Å². The fourth-order valence-electron chi connectivity index (χ4n) is 2.97. The highest BCUT2D eigenvalue weighted by atomic mass is 16.3. The quantitative estimate of drug-likeness (QED) is 0.775. The summed E-state index contributed by atoms with van der Waals surface area (Å²) in [6.45, 7) is 7.83. The summed E-state index contributed by atoms with van der Waals surface area (Å²) < 4.78 is 0. The zero-order valence-electron chi connectivity index (χ0n) is 11.7. The first-order chi connectivity index (χ1) is 8.11. The van der Waals surface area contributed by atoms with Crippen molar-refractivity contribution < 1.29 is 5.11 Å². The first kappa shape index (κ1) is 14.9. The van der Waals surface area contributed by atoms with Crippen LogP contribution in [0, 0.1) is 5.92 Å². The number of nitrogens with two attached hydrogens (primary N) is 1. The van der Waals surface area contributed by atoms with Crippen LogP contribution in [-0.2, 0) is 0 Å². The van der Waals surface area contributed by atoms with E-state index in [0.717, 1.165) is 6.54 Å². The number of aliphatic hydroxyl groups excluding tert-OH is 1. The van der Waals surface area contributed by atoms with Crippen molar-refractivity contribution in [2.24, 2.45) is 11.7 Å². The van der Waals surface area contributed by atoms with Crippen molar-refractivity contribution in [3.05, 3.63) is 0 Å². The van der Waals surface area contributed by atoms with Crippen LogP contribution in [0.4, 0.5) is 0 Å². The lowest BCUT2D eigenvalue weighted by Crippen LogP contribution is -2.55. The smallest absolute Gasteiger partial charge is 0.0602 e. The van der Waals surface area contributed by atoms with Gasteiger partial charge in [-0.15, -0.1) is 0 Å². The van der Waals surface area contributed by atoms with Gasteiger partial charge in [-0.05, 0) is 31.7 Å². The third-order valence-corrected chi connectivity index (χ3v) is 4.22. The van der Waals surface area contributed by atoms with Crippen LogP contribution < -0.4 is 5.73 Å². The molecule has 3 heteroatoms. The Labute approximate surface area is 106 Å². The molecule has 3 atom stereocenters. The molecule has 3 nitrogen and oxygen atoms in total. The second-order valence-electron chi connectivity index (χ2n) is 5.72. The van der Waals surface area contributed by atoms with Crippen LogP contribution in [0.3, 0.4) is 0 Å². The van der Waals surface area contributed by atoms with E-state index in [1.54, 1.807) is 0 Å². The molecule has 0 aromatic heterocycles. The Morgan fingerprint density at radius 1 is 1.29 bits per heavy atom. The molecule has 3 unspecified atom stereocenters. The molecule has 102 valence electrons. The van der Waals surface area contributed by atoms with Gasteiger partial charge in [0.2, 0.25) is 0 Å². The van der Waals surface area contributed by atoms with E-state index in [1.165, 1.54) is 32.1 Å². The molecular weight excluding hydrogens is 212 g/mol. The molecule has 0 saturated carbocycles. The molecule has 0 aromatic carbocycles. The lowest BCUT2D eigenvalue weighted by molar-refractivity contribution is 0.0567. The van der Waals surface area contributed by atoms with E-state index in [9.17, 15) is 5.11 Å². The van der Waals surface area contributed by atoms with Crippen LogP contribution in [0.2, 0.25) is 0 Å². The van der Waals surface area contributed by atoms with Crippen molar-refractivity contribution in [1.29, 1.82) is 0 Å². The van der Waals surface area contributed by atoms with E-state index in [2.05, 4.69) is 25.7 Å². The molecule has 1 aliphatic rings. The van der Waals surface area contributed by atoms with Crippen LogP contribution in [-0.4, -0.2) is 41.3 Å². The van der Waals surface area contributed by atoms with E-state index in [-0.39, 0.29) is 18.7 Å². The van der Waals surface area contributed by atoms with Gasteiger partial charge in [0.05, 0.1) is 6.61 Å². The molecule has 1 heterocycles. The van der Waals surface area contributed by atoms with E-state index in [1.807, 2.05) is 0 Å². The summed E-state index contributed by atoms with van der Waals surface area (Å²) >= 11 is 0. The Kier molecular flexibility index (Phi) is 6.45. The van der Waals surface area contributed by atoms with E-state index < -0.39 is 0 Å². The summed E-state index contributed by atoms with van der Waals surface area (Å²) in [5.41, 5.74) is 6.27.